The minimum Gasteiger partial charge on any atom is -0.469 e. The zero-order valence-corrected chi connectivity index (χ0v) is 13.1. The second-order valence-electron chi connectivity index (χ2n) is 4.07. The number of anilines is 1. The van der Waals surface area contributed by atoms with Crippen LogP contribution in [0.25, 0.3) is 0 Å². The summed E-state index contributed by atoms with van der Waals surface area (Å²) >= 11 is 1.22. The van der Waals surface area contributed by atoms with E-state index in [1.807, 2.05) is 6.92 Å². The van der Waals surface area contributed by atoms with E-state index in [2.05, 4.69) is 19.2 Å². The van der Waals surface area contributed by atoms with E-state index >= 15 is 0 Å². The number of thiazole rings is 1. The van der Waals surface area contributed by atoms with E-state index in [0.29, 0.717) is 30.9 Å². The molecule has 2 N–H and O–H groups in total. The molecule has 0 aliphatic rings. The van der Waals surface area contributed by atoms with E-state index in [1.165, 1.54) is 18.4 Å². The summed E-state index contributed by atoms with van der Waals surface area (Å²) in [6.45, 7) is 2.26. The molecule has 1 heterocycles. The first kappa shape index (κ1) is 16.9. The summed E-state index contributed by atoms with van der Waals surface area (Å²) in [4.78, 5) is 15.1. The summed E-state index contributed by atoms with van der Waals surface area (Å²) in [6, 6.07) is 0. The fourth-order valence-electron chi connectivity index (χ4n) is 1.37. The molecular formula is C11H19N3O4S2. The van der Waals surface area contributed by atoms with Gasteiger partial charge in [-0.15, -0.1) is 11.3 Å². The SMILES string of the molecule is CCCNS(=O)(=O)Nc1nc(CCCC(=O)OC)cs1. The summed E-state index contributed by atoms with van der Waals surface area (Å²) in [6.07, 6.45) is 2.27. The third kappa shape index (κ3) is 6.31. The fourth-order valence-corrected chi connectivity index (χ4v) is 3.30. The topological polar surface area (TPSA) is 97.4 Å². The molecule has 1 aromatic rings. The highest BCUT2D eigenvalue weighted by Crippen LogP contribution is 2.17. The molecule has 0 saturated heterocycles. The first-order valence-electron chi connectivity index (χ1n) is 6.25. The molecule has 0 spiro atoms. The van der Waals surface area contributed by atoms with Crippen LogP contribution >= 0.6 is 11.3 Å². The average Bonchev–Trinajstić information content (AvgIpc) is 2.83. The molecule has 1 rings (SSSR count). The maximum absolute atomic E-state index is 11.6. The number of ether oxygens (including phenoxy) is 1. The van der Waals surface area contributed by atoms with E-state index in [1.54, 1.807) is 5.38 Å². The summed E-state index contributed by atoms with van der Waals surface area (Å²) in [7, 11) is -2.20. The molecule has 114 valence electrons. The van der Waals surface area contributed by atoms with Crippen molar-refractivity contribution in [2.75, 3.05) is 18.4 Å². The van der Waals surface area contributed by atoms with Crippen molar-refractivity contribution in [1.82, 2.24) is 9.71 Å². The Balaban J connectivity index is 2.45. The zero-order valence-electron chi connectivity index (χ0n) is 11.5. The molecule has 0 aliphatic carbocycles. The Morgan fingerprint density at radius 2 is 2.25 bits per heavy atom. The minimum atomic E-state index is -3.55. The lowest BCUT2D eigenvalue weighted by Crippen LogP contribution is -2.30. The van der Waals surface area contributed by atoms with Crippen molar-refractivity contribution in [2.45, 2.75) is 32.6 Å². The van der Waals surface area contributed by atoms with Gasteiger partial charge in [0.1, 0.15) is 0 Å². The number of nitrogens with one attached hydrogen (secondary N) is 2. The molecule has 1 aromatic heterocycles. The lowest BCUT2D eigenvalue weighted by atomic mass is 10.2. The van der Waals surface area contributed by atoms with E-state index in [0.717, 1.165) is 12.1 Å². The van der Waals surface area contributed by atoms with Crippen LogP contribution in [0.5, 0.6) is 0 Å². The van der Waals surface area contributed by atoms with Crippen molar-refractivity contribution >= 4 is 32.6 Å². The van der Waals surface area contributed by atoms with Gasteiger partial charge in [0, 0.05) is 18.3 Å². The van der Waals surface area contributed by atoms with Crippen LogP contribution in [0.3, 0.4) is 0 Å². The maximum Gasteiger partial charge on any atom is 0.305 e. The molecule has 20 heavy (non-hydrogen) atoms. The van der Waals surface area contributed by atoms with Gasteiger partial charge in [-0.05, 0) is 19.3 Å². The Morgan fingerprint density at radius 3 is 2.90 bits per heavy atom. The van der Waals surface area contributed by atoms with Crippen LogP contribution < -0.4 is 9.44 Å². The van der Waals surface area contributed by atoms with E-state index < -0.39 is 10.2 Å². The van der Waals surface area contributed by atoms with Gasteiger partial charge in [-0.25, -0.2) is 9.71 Å². The van der Waals surface area contributed by atoms with Crippen LogP contribution in [0, 0.1) is 0 Å². The van der Waals surface area contributed by atoms with Gasteiger partial charge < -0.3 is 4.74 Å². The van der Waals surface area contributed by atoms with Gasteiger partial charge in [0.05, 0.1) is 12.8 Å². The molecule has 7 nitrogen and oxygen atoms in total. The number of hydrogen-bond donors (Lipinski definition) is 2. The predicted octanol–water partition coefficient (Wildman–Crippen LogP) is 1.30. The number of carbonyl (C=O) groups excluding carboxylic acids is 1. The number of aromatic nitrogens is 1. The van der Waals surface area contributed by atoms with Gasteiger partial charge in [0.2, 0.25) is 0 Å². The lowest BCUT2D eigenvalue weighted by molar-refractivity contribution is -0.140. The highest BCUT2D eigenvalue weighted by molar-refractivity contribution is 7.91. The lowest BCUT2D eigenvalue weighted by Gasteiger charge is -2.05. The Morgan fingerprint density at radius 1 is 1.50 bits per heavy atom. The maximum atomic E-state index is 11.6. The van der Waals surface area contributed by atoms with Crippen LogP contribution in [0.15, 0.2) is 5.38 Å². The van der Waals surface area contributed by atoms with Gasteiger partial charge >= 0.3 is 16.2 Å². The molecule has 0 fully saturated rings. The van der Waals surface area contributed by atoms with Gasteiger partial charge in [-0.1, -0.05) is 6.92 Å². The summed E-state index contributed by atoms with van der Waals surface area (Å²) < 4.78 is 32.5. The van der Waals surface area contributed by atoms with Crippen molar-refractivity contribution < 1.29 is 17.9 Å². The van der Waals surface area contributed by atoms with Crippen molar-refractivity contribution in [2.24, 2.45) is 0 Å². The van der Waals surface area contributed by atoms with Crippen LogP contribution in [0.2, 0.25) is 0 Å². The van der Waals surface area contributed by atoms with E-state index in [9.17, 15) is 13.2 Å². The van der Waals surface area contributed by atoms with Crippen LogP contribution in [-0.2, 0) is 26.2 Å². The van der Waals surface area contributed by atoms with Gasteiger partial charge in [0.25, 0.3) is 0 Å². The molecule has 0 unspecified atom stereocenters. The second kappa shape index (κ2) is 8.18. The smallest absolute Gasteiger partial charge is 0.305 e. The molecule has 9 heteroatoms. The van der Waals surface area contributed by atoms with Crippen molar-refractivity contribution in [3.63, 3.8) is 0 Å². The first-order chi connectivity index (χ1) is 9.46. The molecule has 0 bridgehead atoms. The quantitative estimate of drug-likeness (QED) is 0.668. The van der Waals surface area contributed by atoms with Gasteiger partial charge in [-0.2, -0.15) is 13.1 Å². The number of aryl methyl sites for hydroxylation is 1. The standard InChI is InChI=1S/C11H19N3O4S2/c1-3-7-12-20(16,17)14-11-13-9(8-19-11)5-4-6-10(15)18-2/h8,12H,3-7H2,1-2H3,(H,13,14). The Kier molecular flexibility index (Phi) is 6.89. The van der Waals surface area contributed by atoms with Crippen molar-refractivity contribution in [1.29, 1.82) is 0 Å². The largest absolute Gasteiger partial charge is 0.469 e. The molecule has 0 atom stereocenters. The van der Waals surface area contributed by atoms with Gasteiger partial charge in [0.15, 0.2) is 5.13 Å². The van der Waals surface area contributed by atoms with E-state index in [-0.39, 0.29) is 5.97 Å². The third-order valence-corrected chi connectivity index (χ3v) is 4.34. The van der Waals surface area contributed by atoms with Crippen LogP contribution in [0.1, 0.15) is 31.9 Å². The molecular weight excluding hydrogens is 302 g/mol. The Bertz CT molecular complexity index is 528. The van der Waals surface area contributed by atoms with Crippen LogP contribution in [0.4, 0.5) is 5.13 Å². The zero-order chi connectivity index (χ0) is 15.0. The highest BCUT2D eigenvalue weighted by atomic mass is 32.2. The Hall–Kier alpha value is -1.19. The second-order valence-corrected chi connectivity index (χ2v) is 6.43. The number of hydrogen-bond acceptors (Lipinski definition) is 6. The number of carbonyl (C=O) groups is 1. The molecule has 0 aliphatic heterocycles. The minimum absolute atomic E-state index is 0.259. The van der Waals surface area contributed by atoms with Gasteiger partial charge in [-0.3, -0.25) is 4.79 Å². The number of methoxy groups -OCH3 is 1. The number of rotatable bonds is 9. The normalized spacial score (nSPS) is 11.3. The van der Waals surface area contributed by atoms with Crippen LogP contribution in [-0.4, -0.2) is 33.0 Å². The molecule has 0 aromatic carbocycles. The fraction of sp³-hybridized carbons (Fsp3) is 0.636. The van der Waals surface area contributed by atoms with Crippen molar-refractivity contribution in [3.05, 3.63) is 11.1 Å². The van der Waals surface area contributed by atoms with E-state index in [4.69, 9.17) is 0 Å². The monoisotopic (exact) mass is 321 g/mol. The summed E-state index contributed by atoms with van der Waals surface area (Å²) in [5, 5.41) is 2.09. The molecule has 0 amide bonds. The summed E-state index contributed by atoms with van der Waals surface area (Å²) in [5.41, 5.74) is 0.757. The Labute approximate surface area is 122 Å². The first-order valence-corrected chi connectivity index (χ1v) is 8.61. The average molecular weight is 321 g/mol. The molecule has 0 radical (unpaired) electrons. The number of esters is 1. The predicted molar refractivity (Wildman–Crippen MR) is 77.9 cm³/mol. The number of nitrogens with zero attached hydrogens (tertiary/aromatic N) is 1. The van der Waals surface area contributed by atoms with Crippen molar-refractivity contribution in [3.8, 4) is 0 Å². The third-order valence-electron chi connectivity index (χ3n) is 2.36. The summed E-state index contributed by atoms with van der Waals surface area (Å²) in [5.74, 6) is -0.259. The highest BCUT2D eigenvalue weighted by Gasteiger charge is 2.11. The molecule has 0 saturated carbocycles.